The first-order chi connectivity index (χ1) is 9.56. The van der Waals surface area contributed by atoms with Gasteiger partial charge in [-0.25, -0.2) is 4.98 Å². The van der Waals surface area contributed by atoms with E-state index in [9.17, 15) is 15.2 Å². The zero-order valence-electron chi connectivity index (χ0n) is 11.9. The van der Waals surface area contributed by atoms with Crippen molar-refractivity contribution in [2.45, 2.75) is 39.2 Å². The van der Waals surface area contributed by atoms with Gasteiger partial charge in [0.25, 0.3) is 5.69 Å². The number of nitro groups is 1. The Kier molecular flexibility index (Phi) is 6.72. The van der Waals surface area contributed by atoms with Gasteiger partial charge in [0.2, 0.25) is 0 Å². The maximum Gasteiger partial charge on any atom is 0.276 e. The zero-order valence-corrected chi connectivity index (χ0v) is 11.9. The molecule has 0 aromatic carbocycles. The molecule has 1 aromatic heterocycles. The number of nitrogens with one attached hydrogen (secondary N) is 2. The van der Waals surface area contributed by atoms with Crippen LogP contribution < -0.4 is 10.6 Å². The number of rotatable bonds is 9. The molecule has 7 nitrogen and oxygen atoms in total. The fourth-order valence-corrected chi connectivity index (χ4v) is 1.71. The molecule has 1 rings (SSSR count). The Morgan fingerprint density at radius 2 is 1.95 bits per heavy atom. The van der Waals surface area contributed by atoms with Crippen LogP contribution in [0.4, 0.5) is 17.3 Å². The molecule has 112 valence electrons. The topological polar surface area (TPSA) is 100 Å². The Labute approximate surface area is 118 Å². The van der Waals surface area contributed by atoms with E-state index in [1.807, 2.05) is 13.8 Å². The molecule has 0 saturated heterocycles. The summed E-state index contributed by atoms with van der Waals surface area (Å²) in [6.07, 6.45) is 1.99. The minimum Gasteiger partial charge on any atom is -0.391 e. The first-order valence-corrected chi connectivity index (χ1v) is 6.89. The second-order valence-corrected chi connectivity index (χ2v) is 4.60. The summed E-state index contributed by atoms with van der Waals surface area (Å²) in [6, 6.07) is 2.78. The van der Waals surface area contributed by atoms with Crippen molar-refractivity contribution in [2.75, 3.05) is 23.7 Å². The van der Waals surface area contributed by atoms with Crippen molar-refractivity contribution in [3.8, 4) is 0 Å². The summed E-state index contributed by atoms with van der Waals surface area (Å²) in [4.78, 5) is 14.7. The lowest BCUT2D eigenvalue weighted by Gasteiger charge is -2.12. The van der Waals surface area contributed by atoms with Gasteiger partial charge in [0.1, 0.15) is 11.6 Å². The maximum absolute atomic E-state index is 10.9. The molecule has 1 aromatic rings. The molecule has 1 atom stereocenters. The molecule has 0 spiro atoms. The molecule has 0 aliphatic heterocycles. The van der Waals surface area contributed by atoms with E-state index in [4.69, 9.17) is 0 Å². The van der Waals surface area contributed by atoms with Crippen molar-refractivity contribution in [1.29, 1.82) is 0 Å². The van der Waals surface area contributed by atoms with Crippen molar-refractivity contribution in [1.82, 2.24) is 4.98 Å². The third-order valence-electron chi connectivity index (χ3n) is 2.72. The third-order valence-corrected chi connectivity index (χ3v) is 2.72. The number of aliphatic hydroxyl groups excluding tert-OH is 1. The number of pyridine rings is 1. The average molecular weight is 282 g/mol. The van der Waals surface area contributed by atoms with Crippen LogP contribution in [0.25, 0.3) is 0 Å². The van der Waals surface area contributed by atoms with Gasteiger partial charge in [-0.1, -0.05) is 20.3 Å². The fraction of sp³-hybridized carbons (Fsp3) is 0.615. The van der Waals surface area contributed by atoms with Gasteiger partial charge in [-0.3, -0.25) is 10.1 Å². The van der Waals surface area contributed by atoms with Crippen molar-refractivity contribution in [3.63, 3.8) is 0 Å². The number of hydrogen-bond acceptors (Lipinski definition) is 6. The molecular formula is C13H22N4O3. The lowest BCUT2D eigenvalue weighted by atomic mass is 10.2. The summed E-state index contributed by atoms with van der Waals surface area (Å²) < 4.78 is 0. The Morgan fingerprint density at radius 3 is 2.50 bits per heavy atom. The molecule has 0 fully saturated rings. The van der Waals surface area contributed by atoms with Crippen molar-refractivity contribution in [2.24, 2.45) is 0 Å². The molecule has 0 aliphatic carbocycles. The predicted molar refractivity (Wildman–Crippen MR) is 79.1 cm³/mol. The van der Waals surface area contributed by atoms with E-state index in [-0.39, 0.29) is 5.69 Å². The molecule has 0 bridgehead atoms. The van der Waals surface area contributed by atoms with E-state index in [0.717, 1.165) is 12.8 Å². The van der Waals surface area contributed by atoms with Gasteiger partial charge < -0.3 is 15.7 Å². The molecule has 3 N–H and O–H groups in total. The van der Waals surface area contributed by atoms with E-state index in [2.05, 4.69) is 15.6 Å². The molecular weight excluding hydrogens is 260 g/mol. The molecule has 0 radical (unpaired) electrons. The number of aliphatic hydroxyl groups is 1. The van der Waals surface area contributed by atoms with Gasteiger partial charge in [-0.15, -0.1) is 0 Å². The summed E-state index contributed by atoms with van der Waals surface area (Å²) in [5.41, 5.74) is -0.0221. The average Bonchev–Trinajstić information content (AvgIpc) is 2.43. The number of hydrogen-bond donors (Lipinski definition) is 3. The Hall–Kier alpha value is -1.89. The molecule has 0 amide bonds. The second kappa shape index (κ2) is 8.31. The van der Waals surface area contributed by atoms with Crippen LogP contribution in [-0.2, 0) is 0 Å². The largest absolute Gasteiger partial charge is 0.391 e. The molecule has 0 aliphatic rings. The monoisotopic (exact) mass is 282 g/mol. The Bertz CT molecular complexity index is 440. The summed E-state index contributed by atoms with van der Waals surface area (Å²) in [6.45, 7) is 5.02. The first kappa shape index (κ1) is 16.2. The third kappa shape index (κ3) is 5.40. The quantitative estimate of drug-likeness (QED) is 0.475. The number of aromatic nitrogens is 1. The first-order valence-electron chi connectivity index (χ1n) is 6.89. The minimum atomic E-state index is -0.479. The molecule has 7 heteroatoms. The van der Waals surface area contributed by atoms with E-state index in [1.165, 1.54) is 12.1 Å². The highest BCUT2D eigenvalue weighted by atomic mass is 16.6. The normalized spacial score (nSPS) is 11.9. The van der Waals surface area contributed by atoms with Gasteiger partial charge in [-0.05, 0) is 12.8 Å². The Balaban J connectivity index is 2.77. The van der Waals surface area contributed by atoms with Crippen molar-refractivity contribution < 1.29 is 10.0 Å². The van der Waals surface area contributed by atoms with Crippen LogP contribution in [-0.4, -0.2) is 34.2 Å². The number of nitrogens with zero attached hydrogens (tertiary/aromatic N) is 2. The summed E-state index contributed by atoms with van der Waals surface area (Å²) in [5.74, 6) is 0.862. The predicted octanol–water partition coefficient (Wildman–Crippen LogP) is 2.38. The molecule has 20 heavy (non-hydrogen) atoms. The second-order valence-electron chi connectivity index (χ2n) is 4.60. The minimum absolute atomic E-state index is 0.0221. The SMILES string of the molecule is CCCNc1cc([N+](=O)[O-])cc(NCC(O)CCC)n1. The number of anilines is 2. The summed E-state index contributed by atoms with van der Waals surface area (Å²) >= 11 is 0. The van der Waals surface area contributed by atoms with Crippen molar-refractivity contribution in [3.05, 3.63) is 22.2 Å². The zero-order chi connectivity index (χ0) is 15.0. The molecule has 0 saturated carbocycles. The standard InChI is InChI=1S/C13H22N4O3/c1-3-5-11(18)9-15-13-8-10(17(19)20)7-12(16-13)14-6-4-2/h7-8,11,18H,3-6,9H2,1-2H3,(H2,14,15,16). The lowest BCUT2D eigenvalue weighted by Crippen LogP contribution is -2.19. The van der Waals surface area contributed by atoms with Crippen LogP contribution >= 0.6 is 0 Å². The smallest absolute Gasteiger partial charge is 0.276 e. The van der Waals surface area contributed by atoms with E-state index >= 15 is 0 Å². The highest BCUT2D eigenvalue weighted by molar-refractivity contribution is 5.54. The van der Waals surface area contributed by atoms with E-state index in [0.29, 0.717) is 31.1 Å². The highest BCUT2D eigenvalue weighted by Gasteiger charge is 2.12. The van der Waals surface area contributed by atoms with Gasteiger partial charge in [0.15, 0.2) is 0 Å². The lowest BCUT2D eigenvalue weighted by molar-refractivity contribution is -0.384. The van der Waals surface area contributed by atoms with Crippen LogP contribution in [0.15, 0.2) is 12.1 Å². The fourth-order valence-electron chi connectivity index (χ4n) is 1.71. The van der Waals surface area contributed by atoms with E-state index in [1.54, 1.807) is 0 Å². The van der Waals surface area contributed by atoms with Crippen LogP contribution in [0, 0.1) is 10.1 Å². The highest BCUT2D eigenvalue weighted by Crippen LogP contribution is 2.20. The van der Waals surface area contributed by atoms with Gasteiger partial charge in [0.05, 0.1) is 23.2 Å². The van der Waals surface area contributed by atoms with Gasteiger partial charge in [0, 0.05) is 13.1 Å². The van der Waals surface area contributed by atoms with Crippen LogP contribution in [0.1, 0.15) is 33.1 Å². The maximum atomic E-state index is 10.9. The van der Waals surface area contributed by atoms with Crippen LogP contribution in [0.2, 0.25) is 0 Å². The van der Waals surface area contributed by atoms with Gasteiger partial charge in [-0.2, -0.15) is 0 Å². The van der Waals surface area contributed by atoms with Crippen LogP contribution in [0.5, 0.6) is 0 Å². The van der Waals surface area contributed by atoms with Crippen LogP contribution in [0.3, 0.4) is 0 Å². The summed E-state index contributed by atoms with van der Waals surface area (Å²) in [5, 5.41) is 26.5. The molecule has 1 heterocycles. The van der Waals surface area contributed by atoms with E-state index < -0.39 is 11.0 Å². The Morgan fingerprint density at radius 1 is 1.30 bits per heavy atom. The summed E-state index contributed by atoms with van der Waals surface area (Å²) in [7, 11) is 0. The van der Waals surface area contributed by atoms with Gasteiger partial charge >= 0.3 is 0 Å². The molecule has 1 unspecified atom stereocenters. The van der Waals surface area contributed by atoms with Crippen molar-refractivity contribution >= 4 is 17.3 Å².